The second-order valence-electron chi connectivity index (χ2n) is 4.49. The minimum atomic E-state index is -0.776. The van der Waals surface area contributed by atoms with Crippen molar-refractivity contribution in [1.29, 1.82) is 5.26 Å². The molecule has 0 saturated carbocycles. The molecule has 0 aliphatic rings. The van der Waals surface area contributed by atoms with E-state index in [4.69, 9.17) is 33.2 Å². The van der Waals surface area contributed by atoms with Crippen molar-refractivity contribution in [3.63, 3.8) is 0 Å². The molecular formula is C16H12Cl2N2O2. The van der Waals surface area contributed by atoms with Gasteiger partial charge in [-0.1, -0.05) is 35.3 Å². The Kier molecular flexibility index (Phi) is 5.26. The molecule has 0 radical (unpaired) electrons. The van der Waals surface area contributed by atoms with Crippen LogP contribution in [0.2, 0.25) is 10.0 Å². The fraction of sp³-hybridized carbons (Fsp3) is 0.125. The number of anilines is 1. The number of carbonyl (C=O) groups excluding carboxylic acids is 1. The van der Waals surface area contributed by atoms with E-state index in [1.807, 2.05) is 6.07 Å². The molecular weight excluding hydrogens is 323 g/mol. The molecule has 6 heteroatoms. The topological polar surface area (TPSA) is 62.1 Å². The van der Waals surface area contributed by atoms with Crippen LogP contribution in [0.3, 0.4) is 0 Å². The Morgan fingerprint density at radius 3 is 2.59 bits per heavy atom. The second kappa shape index (κ2) is 7.17. The van der Waals surface area contributed by atoms with Crippen molar-refractivity contribution < 1.29 is 9.53 Å². The van der Waals surface area contributed by atoms with Gasteiger partial charge in [0.1, 0.15) is 5.75 Å². The van der Waals surface area contributed by atoms with E-state index in [-0.39, 0.29) is 10.9 Å². The standard InChI is InChI=1S/C16H12Cl2N2O2/c1-10(16(21)20-14-5-3-2-4-12(14)17)22-15-7-6-11(9-19)8-13(15)18/h2-8,10H,1H3,(H,20,21)/t10-/m1/s1. The number of carbonyl (C=O) groups is 1. The maximum absolute atomic E-state index is 12.1. The van der Waals surface area contributed by atoms with Crippen molar-refractivity contribution in [1.82, 2.24) is 0 Å². The normalized spacial score (nSPS) is 11.4. The van der Waals surface area contributed by atoms with Crippen LogP contribution in [0.25, 0.3) is 0 Å². The summed E-state index contributed by atoms with van der Waals surface area (Å²) < 4.78 is 5.52. The molecule has 0 spiro atoms. The zero-order chi connectivity index (χ0) is 16.1. The molecule has 0 saturated heterocycles. The molecule has 22 heavy (non-hydrogen) atoms. The third-order valence-corrected chi connectivity index (χ3v) is 3.49. The Bertz CT molecular complexity index is 741. The number of ether oxygens (including phenoxy) is 1. The van der Waals surface area contributed by atoms with E-state index in [9.17, 15) is 4.79 Å². The first kappa shape index (κ1) is 16.2. The Labute approximate surface area is 138 Å². The number of amides is 1. The maximum Gasteiger partial charge on any atom is 0.265 e. The van der Waals surface area contributed by atoms with E-state index in [0.717, 1.165) is 0 Å². The van der Waals surface area contributed by atoms with Crippen LogP contribution >= 0.6 is 23.2 Å². The van der Waals surface area contributed by atoms with Crippen molar-refractivity contribution >= 4 is 34.8 Å². The number of benzene rings is 2. The highest BCUT2D eigenvalue weighted by molar-refractivity contribution is 6.33. The van der Waals surface area contributed by atoms with Crippen molar-refractivity contribution in [2.75, 3.05) is 5.32 Å². The SMILES string of the molecule is C[C@@H](Oc1ccc(C#N)cc1Cl)C(=O)Nc1ccccc1Cl. The molecule has 0 aromatic heterocycles. The van der Waals surface area contributed by atoms with Gasteiger partial charge in [0.05, 0.1) is 27.4 Å². The number of hydrogen-bond acceptors (Lipinski definition) is 3. The Hall–Kier alpha value is -2.22. The van der Waals surface area contributed by atoms with Gasteiger partial charge in [-0.25, -0.2) is 0 Å². The fourth-order valence-corrected chi connectivity index (χ4v) is 2.11. The van der Waals surface area contributed by atoms with Gasteiger partial charge in [-0.15, -0.1) is 0 Å². The summed E-state index contributed by atoms with van der Waals surface area (Å²) in [7, 11) is 0. The number of hydrogen-bond donors (Lipinski definition) is 1. The summed E-state index contributed by atoms with van der Waals surface area (Å²) >= 11 is 12.0. The van der Waals surface area contributed by atoms with Gasteiger partial charge in [0, 0.05) is 0 Å². The van der Waals surface area contributed by atoms with Gasteiger partial charge in [0.25, 0.3) is 5.91 Å². The summed E-state index contributed by atoms with van der Waals surface area (Å²) in [4.78, 5) is 12.1. The molecule has 0 bridgehead atoms. The number of nitrogens with zero attached hydrogens (tertiary/aromatic N) is 1. The summed E-state index contributed by atoms with van der Waals surface area (Å²) in [5.74, 6) is -0.0176. The van der Waals surface area contributed by atoms with Crippen molar-refractivity contribution in [3.05, 3.63) is 58.1 Å². The quantitative estimate of drug-likeness (QED) is 0.907. The van der Waals surface area contributed by atoms with Crippen LogP contribution in [-0.4, -0.2) is 12.0 Å². The van der Waals surface area contributed by atoms with Gasteiger partial charge in [0.2, 0.25) is 0 Å². The molecule has 1 N–H and O–H groups in total. The zero-order valence-corrected chi connectivity index (χ0v) is 13.2. The van der Waals surface area contributed by atoms with Crippen molar-refractivity contribution in [3.8, 4) is 11.8 Å². The zero-order valence-electron chi connectivity index (χ0n) is 11.6. The lowest BCUT2D eigenvalue weighted by Crippen LogP contribution is -2.30. The summed E-state index contributed by atoms with van der Waals surface area (Å²) in [6, 6.07) is 13.5. The minimum absolute atomic E-state index is 0.274. The molecule has 0 aliphatic carbocycles. The molecule has 1 amide bonds. The third kappa shape index (κ3) is 3.91. The predicted octanol–water partition coefficient (Wildman–Crippen LogP) is 4.27. The molecule has 0 unspecified atom stereocenters. The number of halogens is 2. The summed E-state index contributed by atoms with van der Waals surface area (Å²) in [5, 5.41) is 12.2. The average molecular weight is 335 g/mol. The molecule has 4 nitrogen and oxygen atoms in total. The molecule has 0 heterocycles. The van der Waals surface area contributed by atoms with Crippen LogP contribution in [0, 0.1) is 11.3 Å². The van der Waals surface area contributed by atoms with Gasteiger partial charge in [-0.2, -0.15) is 5.26 Å². The van der Waals surface area contributed by atoms with Gasteiger partial charge in [-0.05, 0) is 37.3 Å². The van der Waals surface area contributed by atoms with Gasteiger partial charge in [0.15, 0.2) is 6.10 Å². The molecule has 2 aromatic rings. The third-order valence-electron chi connectivity index (χ3n) is 2.87. The van der Waals surface area contributed by atoms with Crippen molar-refractivity contribution in [2.45, 2.75) is 13.0 Å². The second-order valence-corrected chi connectivity index (χ2v) is 5.30. The van der Waals surface area contributed by atoms with E-state index < -0.39 is 6.10 Å². The maximum atomic E-state index is 12.1. The number of para-hydroxylation sites is 1. The molecule has 0 fully saturated rings. The first-order chi connectivity index (χ1) is 10.5. The van der Waals surface area contributed by atoms with E-state index in [0.29, 0.717) is 22.0 Å². The smallest absolute Gasteiger partial charge is 0.265 e. The minimum Gasteiger partial charge on any atom is -0.479 e. The van der Waals surface area contributed by atoms with Crippen molar-refractivity contribution in [2.24, 2.45) is 0 Å². The Morgan fingerprint density at radius 1 is 1.23 bits per heavy atom. The highest BCUT2D eigenvalue weighted by Crippen LogP contribution is 2.27. The number of nitriles is 1. The van der Waals surface area contributed by atoms with Crippen LogP contribution < -0.4 is 10.1 Å². The van der Waals surface area contributed by atoms with E-state index in [2.05, 4.69) is 5.32 Å². The van der Waals surface area contributed by atoms with Crippen LogP contribution in [0.15, 0.2) is 42.5 Å². The first-order valence-corrected chi connectivity index (χ1v) is 7.18. The lowest BCUT2D eigenvalue weighted by atomic mass is 10.2. The summed E-state index contributed by atoms with van der Waals surface area (Å²) in [5.41, 5.74) is 0.932. The van der Waals surface area contributed by atoms with Gasteiger partial charge >= 0.3 is 0 Å². The highest BCUT2D eigenvalue weighted by Gasteiger charge is 2.17. The lowest BCUT2D eigenvalue weighted by molar-refractivity contribution is -0.122. The van der Waals surface area contributed by atoms with Gasteiger partial charge < -0.3 is 10.1 Å². The average Bonchev–Trinajstić information content (AvgIpc) is 2.51. The monoisotopic (exact) mass is 334 g/mol. The van der Waals surface area contributed by atoms with Crippen LogP contribution in [0.1, 0.15) is 12.5 Å². The molecule has 0 aliphatic heterocycles. The molecule has 2 rings (SSSR count). The van der Waals surface area contributed by atoms with Crippen LogP contribution in [0.5, 0.6) is 5.75 Å². The van der Waals surface area contributed by atoms with Gasteiger partial charge in [-0.3, -0.25) is 4.79 Å². The Balaban J connectivity index is 2.06. The molecule has 1 atom stereocenters. The van der Waals surface area contributed by atoms with E-state index >= 15 is 0 Å². The Morgan fingerprint density at radius 2 is 1.95 bits per heavy atom. The highest BCUT2D eigenvalue weighted by atomic mass is 35.5. The first-order valence-electron chi connectivity index (χ1n) is 6.43. The van der Waals surface area contributed by atoms with Crippen LogP contribution in [-0.2, 0) is 4.79 Å². The van der Waals surface area contributed by atoms with E-state index in [1.54, 1.807) is 43.3 Å². The largest absolute Gasteiger partial charge is 0.479 e. The number of nitrogens with one attached hydrogen (secondary N) is 1. The molecule has 112 valence electrons. The fourth-order valence-electron chi connectivity index (χ4n) is 1.71. The molecule has 2 aromatic carbocycles. The summed E-state index contributed by atoms with van der Waals surface area (Å²) in [6.45, 7) is 1.60. The predicted molar refractivity (Wildman–Crippen MR) is 86.3 cm³/mol. The lowest BCUT2D eigenvalue weighted by Gasteiger charge is -2.16. The van der Waals surface area contributed by atoms with Crippen LogP contribution in [0.4, 0.5) is 5.69 Å². The summed E-state index contributed by atoms with van der Waals surface area (Å²) in [6.07, 6.45) is -0.776. The van der Waals surface area contributed by atoms with E-state index in [1.165, 1.54) is 6.07 Å². The number of rotatable bonds is 4.